The molecule has 0 unspecified atom stereocenters. The smallest absolute Gasteiger partial charge is 0.257 e. The molecule has 7 nitrogen and oxygen atoms in total. The van der Waals surface area contributed by atoms with Crippen LogP contribution in [0.1, 0.15) is 24.2 Å². The van der Waals surface area contributed by atoms with Crippen molar-refractivity contribution in [2.24, 2.45) is 0 Å². The maximum atomic E-state index is 5.59. The van der Waals surface area contributed by atoms with Gasteiger partial charge in [0.25, 0.3) is 5.89 Å². The molecule has 0 saturated carbocycles. The molecule has 1 aromatic carbocycles. The number of aryl methyl sites for hydroxylation is 1. The lowest BCUT2D eigenvalue weighted by atomic mass is 10.1. The van der Waals surface area contributed by atoms with Gasteiger partial charge in [-0.2, -0.15) is 4.98 Å². The zero-order valence-corrected chi connectivity index (χ0v) is 16.0. The van der Waals surface area contributed by atoms with Crippen LogP contribution < -0.4 is 5.32 Å². The molecule has 4 rings (SSSR count). The minimum atomic E-state index is 0.287. The Labute approximate surface area is 159 Å². The monoisotopic (exact) mass is 389 g/mol. The first-order valence-electron chi connectivity index (χ1n) is 8.48. The Hall–Kier alpha value is -1.97. The fourth-order valence-electron chi connectivity index (χ4n) is 2.60. The molecule has 0 aliphatic carbocycles. The maximum absolute atomic E-state index is 5.59. The molecule has 3 heterocycles. The second-order valence-corrected chi connectivity index (χ2v) is 8.26. The second kappa shape index (κ2) is 8.15. The summed E-state index contributed by atoms with van der Waals surface area (Å²) >= 11 is 3.08. The molecule has 26 heavy (non-hydrogen) atoms. The highest BCUT2D eigenvalue weighted by molar-refractivity contribution is 8.00. The van der Waals surface area contributed by atoms with E-state index in [9.17, 15) is 0 Å². The van der Waals surface area contributed by atoms with Crippen molar-refractivity contribution in [2.45, 2.75) is 36.0 Å². The Morgan fingerprint density at radius 3 is 2.96 bits per heavy atom. The molecule has 9 heteroatoms. The van der Waals surface area contributed by atoms with Crippen LogP contribution in [0.3, 0.4) is 0 Å². The fraction of sp³-hybridized carbons (Fsp3) is 0.412. The number of hydrogen-bond donors (Lipinski definition) is 1. The summed E-state index contributed by atoms with van der Waals surface area (Å²) in [5.74, 6) is 1.78. The van der Waals surface area contributed by atoms with Crippen LogP contribution in [0.2, 0.25) is 0 Å². The topological polar surface area (TPSA) is 86.0 Å². The van der Waals surface area contributed by atoms with E-state index in [1.807, 2.05) is 31.2 Å². The van der Waals surface area contributed by atoms with E-state index < -0.39 is 0 Å². The Balaban J connectivity index is 1.29. The van der Waals surface area contributed by atoms with E-state index >= 15 is 0 Å². The first-order valence-corrected chi connectivity index (χ1v) is 10.3. The van der Waals surface area contributed by atoms with Gasteiger partial charge in [0.2, 0.25) is 5.13 Å². The number of aromatic nitrogens is 4. The number of nitrogens with zero attached hydrogens (tertiary/aromatic N) is 4. The fourth-order valence-corrected chi connectivity index (χ4v) is 4.20. The third kappa shape index (κ3) is 4.40. The third-order valence-corrected chi connectivity index (χ3v) is 6.01. The van der Waals surface area contributed by atoms with Crippen LogP contribution in [0.25, 0.3) is 11.5 Å². The molecule has 1 aliphatic heterocycles. The first-order chi connectivity index (χ1) is 12.8. The number of hydrogen-bond acceptors (Lipinski definition) is 9. The lowest BCUT2D eigenvalue weighted by Gasteiger charge is -2.08. The van der Waals surface area contributed by atoms with Crippen molar-refractivity contribution in [3.8, 4) is 11.5 Å². The van der Waals surface area contributed by atoms with Gasteiger partial charge < -0.3 is 14.6 Å². The molecular weight excluding hydrogens is 370 g/mol. The van der Waals surface area contributed by atoms with Crippen molar-refractivity contribution < 1.29 is 9.26 Å². The molecule has 1 atom stereocenters. The van der Waals surface area contributed by atoms with Crippen molar-refractivity contribution in [3.63, 3.8) is 0 Å². The van der Waals surface area contributed by atoms with Crippen molar-refractivity contribution in [1.82, 2.24) is 20.3 Å². The molecule has 1 N–H and O–H groups in total. The first kappa shape index (κ1) is 17.4. The Kier molecular flexibility index (Phi) is 5.47. The Morgan fingerprint density at radius 2 is 2.15 bits per heavy atom. The van der Waals surface area contributed by atoms with E-state index in [1.54, 1.807) is 11.8 Å². The van der Waals surface area contributed by atoms with Crippen LogP contribution in [0.15, 0.2) is 33.1 Å². The quantitative estimate of drug-likeness (QED) is 0.611. The van der Waals surface area contributed by atoms with Gasteiger partial charge in [0.05, 0.1) is 11.9 Å². The summed E-state index contributed by atoms with van der Waals surface area (Å²) in [4.78, 5) is 4.45. The molecule has 0 radical (unpaired) electrons. The van der Waals surface area contributed by atoms with Crippen molar-refractivity contribution >= 4 is 28.2 Å². The third-order valence-electron chi connectivity index (χ3n) is 4.00. The highest BCUT2D eigenvalue weighted by Crippen LogP contribution is 2.28. The number of thioether (sulfide) groups is 1. The Morgan fingerprint density at radius 1 is 1.27 bits per heavy atom. The zero-order chi connectivity index (χ0) is 17.8. The van der Waals surface area contributed by atoms with Crippen LogP contribution in [0.5, 0.6) is 0 Å². The van der Waals surface area contributed by atoms with Gasteiger partial charge in [-0.25, -0.2) is 0 Å². The molecule has 1 aliphatic rings. The normalized spacial score (nSPS) is 16.9. The highest BCUT2D eigenvalue weighted by Gasteiger charge is 2.16. The molecule has 0 amide bonds. The van der Waals surface area contributed by atoms with Gasteiger partial charge in [0.15, 0.2) is 10.2 Å². The summed E-state index contributed by atoms with van der Waals surface area (Å²) < 4.78 is 11.8. The molecule has 1 fully saturated rings. The van der Waals surface area contributed by atoms with Gasteiger partial charge >= 0.3 is 0 Å². The molecular formula is C17H19N5O2S2. The minimum Gasteiger partial charge on any atom is -0.376 e. The molecule has 0 bridgehead atoms. The van der Waals surface area contributed by atoms with Crippen LogP contribution in [-0.4, -0.2) is 39.6 Å². The summed E-state index contributed by atoms with van der Waals surface area (Å²) in [5, 5.41) is 16.5. The molecule has 2 aromatic heterocycles. The van der Waals surface area contributed by atoms with Crippen LogP contribution in [0.4, 0.5) is 5.13 Å². The predicted molar refractivity (Wildman–Crippen MR) is 101 cm³/mol. The lowest BCUT2D eigenvalue weighted by Crippen LogP contribution is -2.18. The summed E-state index contributed by atoms with van der Waals surface area (Å²) in [6.07, 6.45) is 2.53. The molecule has 0 spiro atoms. The van der Waals surface area contributed by atoms with E-state index in [0.717, 1.165) is 41.0 Å². The van der Waals surface area contributed by atoms with E-state index in [1.165, 1.54) is 16.9 Å². The number of benzene rings is 1. The largest absolute Gasteiger partial charge is 0.376 e. The zero-order valence-electron chi connectivity index (χ0n) is 14.3. The summed E-state index contributed by atoms with van der Waals surface area (Å²) in [7, 11) is 0. The van der Waals surface area contributed by atoms with Crippen LogP contribution in [-0.2, 0) is 10.5 Å². The number of anilines is 1. The highest BCUT2D eigenvalue weighted by atomic mass is 32.2. The lowest BCUT2D eigenvalue weighted by molar-refractivity contribution is 0.120. The predicted octanol–water partition coefficient (Wildman–Crippen LogP) is 3.78. The van der Waals surface area contributed by atoms with Crippen molar-refractivity contribution in [3.05, 3.63) is 35.7 Å². The van der Waals surface area contributed by atoms with Gasteiger partial charge in [0.1, 0.15) is 0 Å². The second-order valence-electron chi connectivity index (χ2n) is 6.06. The summed E-state index contributed by atoms with van der Waals surface area (Å²) in [5.41, 5.74) is 2.13. The SMILES string of the molecule is Cc1ccc(-c2nc(CSc3nnc(NC[C@H]4CCCO4)s3)no2)cc1. The van der Waals surface area contributed by atoms with E-state index in [2.05, 4.69) is 25.7 Å². The van der Waals surface area contributed by atoms with Gasteiger partial charge in [0, 0.05) is 18.7 Å². The van der Waals surface area contributed by atoms with Gasteiger partial charge in [-0.3, -0.25) is 0 Å². The Bertz CT molecular complexity index is 843. The standard InChI is InChI=1S/C17H19N5O2S2/c1-11-4-6-12(7-5-11)15-19-14(22-24-15)10-25-17-21-20-16(26-17)18-9-13-3-2-8-23-13/h4-7,13H,2-3,8-10H2,1H3,(H,18,20)/t13-/m1/s1. The minimum absolute atomic E-state index is 0.287. The summed E-state index contributed by atoms with van der Waals surface area (Å²) in [6, 6.07) is 8.02. The van der Waals surface area contributed by atoms with Crippen molar-refractivity contribution in [2.75, 3.05) is 18.5 Å². The number of rotatable bonds is 7. The molecule has 136 valence electrons. The maximum Gasteiger partial charge on any atom is 0.257 e. The van der Waals surface area contributed by atoms with E-state index in [-0.39, 0.29) is 6.10 Å². The van der Waals surface area contributed by atoms with Crippen molar-refractivity contribution in [1.29, 1.82) is 0 Å². The van der Waals surface area contributed by atoms with Crippen LogP contribution >= 0.6 is 23.1 Å². The van der Waals surface area contributed by atoms with Gasteiger partial charge in [-0.1, -0.05) is 46.0 Å². The average molecular weight is 390 g/mol. The van der Waals surface area contributed by atoms with Gasteiger partial charge in [-0.05, 0) is 31.9 Å². The molecule has 1 saturated heterocycles. The van der Waals surface area contributed by atoms with Crippen LogP contribution in [0, 0.1) is 6.92 Å². The summed E-state index contributed by atoms with van der Waals surface area (Å²) in [6.45, 7) is 3.69. The van der Waals surface area contributed by atoms with Gasteiger partial charge in [-0.15, -0.1) is 10.2 Å². The average Bonchev–Trinajstić information content (AvgIpc) is 3.40. The molecule has 3 aromatic rings. The number of nitrogens with one attached hydrogen (secondary N) is 1. The number of ether oxygens (including phenoxy) is 1. The van der Waals surface area contributed by atoms with E-state index in [4.69, 9.17) is 9.26 Å². The van der Waals surface area contributed by atoms with E-state index in [0.29, 0.717) is 17.5 Å².